The summed E-state index contributed by atoms with van der Waals surface area (Å²) in [6.07, 6.45) is 2.96. The third-order valence-corrected chi connectivity index (χ3v) is 1.19. The summed E-state index contributed by atoms with van der Waals surface area (Å²) < 4.78 is 0. The molecule has 1 rings (SSSR count). The number of carbonyl (C=O) groups excluding carboxylic acids is 1. The molecule has 5 heteroatoms. The van der Waals surface area contributed by atoms with E-state index in [-0.39, 0.29) is 12.4 Å². The molecule has 1 aromatic rings. The van der Waals surface area contributed by atoms with Crippen molar-refractivity contribution in [3.05, 3.63) is 30.1 Å². The molecule has 1 aromatic heterocycles. The molecule has 0 aliphatic heterocycles. The molecule has 1 heterocycles. The van der Waals surface area contributed by atoms with Crippen LogP contribution in [0.25, 0.3) is 0 Å². The van der Waals surface area contributed by atoms with Crippen LogP contribution in [0, 0.1) is 5.41 Å². The van der Waals surface area contributed by atoms with Crippen molar-refractivity contribution >= 4 is 24.0 Å². The van der Waals surface area contributed by atoms with Gasteiger partial charge in [0.2, 0.25) is 5.78 Å². The van der Waals surface area contributed by atoms with Gasteiger partial charge in [0.25, 0.3) is 0 Å². The van der Waals surface area contributed by atoms with Crippen LogP contribution in [-0.4, -0.2) is 16.6 Å². The monoisotopic (exact) mass is 185 g/mol. The van der Waals surface area contributed by atoms with Gasteiger partial charge in [0.1, 0.15) is 0 Å². The minimum atomic E-state index is -0.465. The number of rotatable bonds is 2. The number of halogens is 1. The highest BCUT2D eigenvalue weighted by molar-refractivity contribution is 6.43. The molecule has 12 heavy (non-hydrogen) atoms. The fourth-order valence-corrected chi connectivity index (χ4v) is 0.659. The van der Waals surface area contributed by atoms with Gasteiger partial charge in [-0.3, -0.25) is 15.2 Å². The Labute approximate surface area is 75.7 Å². The fourth-order valence-electron chi connectivity index (χ4n) is 0.659. The minimum Gasteiger partial charge on any atom is -0.381 e. The Morgan fingerprint density at radius 2 is 1.92 bits per heavy atom. The molecule has 0 saturated carbocycles. The molecule has 0 bridgehead atoms. The molecule has 0 saturated heterocycles. The average Bonchev–Trinajstić information content (AvgIpc) is 2.05. The number of amidine groups is 1. The second-order valence-corrected chi connectivity index (χ2v) is 1.98. The first-order chi connectivity index (χ1) is 5.22. The maximum Gasteiger partial charge on any atom is 0.227 e. The van der Waals surface area contributed by atoms with Gasteiger partial charge in [-0.1, -0.05) is 0 Å². The average molecular weight is 186 g/mol. The standard InChI is InChI=1S/C7H7N3O.ClH/c8-7(9)6(11)5-1-3-10-4-2-5;/h1-4H,(H3,8,9);1H. The third-order valence-electron chi connectivity index (χ3n) is 1.19. The maximum atomic E-state index is 11.0. The van der Waals surface area contributed by atoms with Crippen molar-refractivity contribution in [1.82, 2.24) is 4.98 Å². The second kappa shape index (κ2) is 4.46. The molecule has 0 aliphatic carbocycles. The van der Waals surface area contributed by atoms with E-state index in [1.54, 1.807) is 0 Å². The van der Waals surface area contributed by atoms with E-state index in [1.807, 2.05) is 0 Å². The smallest absolute Gasteiger partial charge is 0.227 e. The Balaban J connectivity index is 0.00000121. The Hall–Kier alpha value is -1.42. The molecule has 0 amide bonds. The molecule has 0 atom stereocenters. The second-order valence-electron chi connectivity index (χ2n) is 1.98. The first-order valence-electron chi connectivity index (χ1n) is 3.00. The number of carbonyl (C=O) groups is 1. The van der Waals surface area contributed by atoms with Crippen LogP contribution in [0.1, 0.15) is 10.4 Å². The van der Waals surface area contributed by atoms with E-state index < -0.39 is 11.6 Å². The topological polar surface area (TPSA) is 79.8 Å². The van der Waals surface area contributed by atoms with Crippen LogP contribution in [0.3, 0.4) is 0 Å². The third kappa shape index (κ3) is 2.32. The highest BCUT2D eigenvalue weighted by Gasteiger charge is 2.06. The number of aromatic nitrogens is 1. The van der Waals surface area contributed by atoms with Crippen molar-refractivity contribution in [2.75, 3.05) is 0 Å². The Kier molecular flexibility index (Phi) is 3.93. The summed E-state index contributed by atoms with van der Waals surface area (Å²) in [7, 11) is 0. The highest BCUT2D eigenvalue weighted by atomic mass is 35.5. The quantitative estimate of drug-likeness (QED) is 0.403. The van der Waals surface area contributed by atoms with Crippen LogP contribution in [-0.2, 0) is 0 Å². The van der Waals surface area contributed by atoms with Crippen LogP contribution in [0.2, 0.25) is 0 Å². The summed E-state index contributed by atoms with van der Waals surface area (Å²) in [4.78, 5) is 14.7. The molecule has 64 valence electrons. The summed E-state index contributed by atoms with van der Waals surface area (Å²) in [5.74, 6) is -0.913. The van der Waals surface area contributed by atoms with Crippen LogP contribution in [0.15, 0.2) is 24.5 Å². The molecular weight excluding hydrogens is 178 g/mol. The lowest BCUT2D eigenvalue weighted by molar-refractivity contribution is 0.106. The van der Waals surface area contributed by atoms with Gasteiger partial charge in [0.05, 0.1) is 0 Å². The number of hydrogen-bond donors (Lipinski definition) is 2. The van der Waals surface area contributed by atoms with Gasteiger partial charge in [0.15, 0.2) is 5.84 Å². The van der Waals surface area contributed by atoms with Crippen molar-refractivity contribution in [2.24, 2.45) is 5.73 Å². The molecule has 3 N–H and O–H groups in total. The molecule has 0 spiro atoms. The van der Waals surface area contributed by atoms with Gasteiger partial charge in [-0.15, -0.1) is 12.4 Å². The van der Waals surface area contributed by atoms with Crippen LogP contribution >= 0.6 is 12.4 Å². The summed E-state index contributed by atoms with van der Waals surface area (Å²) >= 11 is 0. The lowest BCUT2D eigenvalue weighted by Gasteiger charge is -1.94. The Bertz CT molecular complexity index is 286. The van der Waals surface area contributed by atoms with Gasteiger partial charge in [-0.25, -0.2) is 0 Å². The van der Waals surface area contributed by atoms with Crippen LogP contribution in [0.4, 0.5) is 0 Å². The largest absolute Gasteiger partial charge is 0.381 e. The maximum absolute atomic E-state index is 11.0. The minimum absolute atomic E-state index is 0. The number of nitrogens with zero attached hydrogens (tertiary/aromatic N) is 1. The van der Waals surface area contributed by atoms with Gasteiger partial charge < -0.3 is 5.73 Å². The zero-order valence-corrected chi connectivity index (χ0v) is 6.97. The van der Waals surface area contributed by atoms with Crippen molar-refractivity contribution < 1.29 is 4.79 Å². The van der Waals surface area contributed by atoms with Gasteiger partial charge >= 0.3 is 0 Å². The first-order valence-corrected chi connectivity index (χ1v) is 3.00. The van der Waals surface area contributed by atoms with E-state index >= 15 is 0 Å². The first kappa shape index (κ1) is 10.6. The molecule has 0 aliphatic rings. The zero-order valence-electron chi connectivity index (χ0n) is 6.15. The Morgan fingerprint density at radius 3 is 2.33 bits per heavy atom. The number of nitrogens with one attached hydrogen (secondary N) is 1. The molecule has 0 aromatic carbocycles. The van der Waals surface area contributed by atoms with Crippen LogP contribution in [0.5, 0.6) is 0 Å². The van der Waals surface area contributed by atoms with E-state index in [9.17, 15) is 4.79 Å². The SMILES string of the molecule is Cl.N=C(N)C(=O)c1ccncc1. The number of hydrogen-bond acceptors (Lipinski definition) is 3. The van der Waals surface area contributed by atoms with E-state index in [4.69, 9.17) is 11.1 Å². The number of pyridine rings is 1. The highest BCUT2D eigenvalue weighted by Crippen LogP contribution is 1.96. The lowest BCUT2D eigenvalue weighted by Crippen LogP contribution is -2.22. The Morgan fingerprint density at radius 1 is 1.42 bits per heavy atom. The van der Waals surface area contributed by atoms with E-state index in [2.05, 4.69) is 4.98 Å². The predicted octanol–water partition coefficient (Wildman–Crippen LogP) is 0.622. The summed E-state index contributed by atoms with van der Waals surface area (Å²) in [5, 5.41) is 6.85. The van der Waals surface area contributed by atoms with Crippen molar-refractivity contribution in [3.63, 3.8) is 0 Å². The van der Waals surface area contributed by atoms with Gasteiger partial charge in [0, 0.05) is 18.0 Å². The zero-order chi connectivity index (χ0) is 8.27. The molecule has 0 fully saturated rings. The lowest BCUT2D eigenvalue weighted by atomic mass is 10.2. The predicted molar refractivity (Wildman–Crippen MR) is 47.7 cm³/mol. The number of ketones is 1. The van der Waals surface area contributed by atoms with E-state index in [0.717, 1.165) is 0 Å². The van der Waals surface area contributed by atoms with Gasteiger partial charge in [-0.05, 0) is 12.1 Å². The van der Waals surface area contributed by atoms with E-state index in [1.165, 1.54) is 24.5 Å². The van der Waals surface area contributed by atoms with E-state index in [0.29, 0.717) is 5.56 Å². The van der Waals surface area contributed by atoms with Crippen molar-refractivity contribution in [1.29, 1.82) is 5.41 Å². The molecule has 0 radical (unpaired) electrons. The number of Topliss-reactive ketones (excluding diaryl/α,β-unsaturated/α-hetero) is 1. The molecule has 0 unspecified atom stereocenters. The van der Waals surface area contributed by atoms with Crippen molar-refractivity contribution in [3.8, 4) is 0 Å². The van der Waals surface area contributed by atoms with Crippen LogP contribution < -0.4 is 5.73 Å². The molecular formula is C7H8ClN3O. The fraction of sp³-hybridized carbons (Fsp3) is 0. The summed E-state index contributed by atoms with van der Waals surface area (Å²) in [6, 6.07) is 3.04. The summed E-state index contributed by atoms with van der Waals surface area (Å²) in [5.41, 5.74) is 5.38. The molecule has 4 nitrogen and oxygen atoms in total. The van der Waals surface area contributed by atoms with Crippen molar-refractivity contribution in [2.45, 2.75) is 0 Å². The summed E-state index contributed by atoms with van der Waals surface area (Å²) in [6.45, 7) is 0. The normalized spacial score (nSPS) is 8.33. The number of nitrogens with two attached hydrogens (primary N) is 1. The van der Waals surface area contributed by atoms with Gasteiger partial charge in [-0.2, -0.15) is 0 Å².